The van der Waals surface area contributed by atoms with Crippen LogP contribution in [0.1, 0.15) is 50.2 Å². The van der Waals surface area contributed by atoms with Crippen molar-refractivity contribution in [3.8, 4) is 11.3 Å². The number of amides is 1. The Labute approximate surface area is 166 Å². The third-order valence-corrected chi connectivity index (χ3v) is 5.36. The summed E-state index contributed by atoms with van der Waals surface area (Å²) < 4.78 is 7.30. The summed E-state index contributed by atoms with van der Waals surface area (Å²) in [4.78, 5) is 31.6. The molecule has 3 heterocycles. The second-order valence-corrected chi connectivity index (χ2v) is 8.85. The van der Waals surface area contributed by atoms with Gasteiger partial charge in [-0.2, -0.15) is 9.61 Å². The molecule has 1 aliphatic rings. The predicted octanol–water partition coefficient (Wildman–Crippen LogP) is 4.56. The number of carbonyl (C=O) groups excluding carboxylic acids is 2. The van der Waals surface area contributed by atoms with Gasteiger partial charge in [-0.05, 0) is 46.6 Å². The summed E-state index contributed by atoms with van der Waals surface area (Å²) in [5.41, 5.74) is 1.59. The fourth-order valence-corrected chi connectivity index (χ4v) is 3.75. The van der Waals surface area contributed by atoms with Gasteiger partial charge in [0, 0.05) is 29.1 Å². The van der Waals surface area contributed by atoms with E-state index in [9.17, 15) is 9.59 Å². The van der Waals surface area contributed by atoms with Crippen molar-refractivity contribution < 1.29 is 14.3 Å². The lowest BCUT2D eigenvalue weighted by Crippen LogP contribution is -2.39. The van der Waals surface area contributed by atoms with Gasteiger partial charge < -0.3 is 4.74 Å². The molecular weight excluding hydrogens is 376 g/mol. The fraction of sp³-hybridized carbons (Fsp3) is 0.400. The minimum Gasteiger partial charge on any atom is -0.443 e. The number of ketones is 1. The second kappa shape index (κ2) is 6.70. The number of hydrogen-bond donors (Lipinski definition) is 0. The van der Waals surface area contributed by atoms with Crippen molar-refractivity contribution in [2.45, 2.75) is 52.2 Å². The molecule has 0 atom stereocenters. The summed E-state index contributed by atoms with van der Waals surface area (Å²) in [7, 11) is 0. The number of Topliss-reactive ketones (excluding diaryl/α,β-unsaturated/α-hetero) is 1. The van der Waals surface area contributed by atoms with E-state index in [0.29, 0.717) is 22.0 Å². The van der Waals surface area contributed by atoms with Crippen LogP contribution in [0.15, 0.2) is 29.8 Å². The van der Waals surface area contributed by atoms with E-state index in [1.807, 2.05) is 38.3 Å². The first-order chi connectivity index (χ1) is 13.2. The van der Waals surface area contributed by atoms with Crippen LogP contribution >= 0.6 is 11.3 Å². The lowest BCUT2D eigenvalue weighted by atomic mass is 10.2. The SMILES string of the molecule is CC(=O)c1cc(-c2cc(N(C(=O)OC(C)(C)C)C3CC3)n3nccc3n2)cs1. The largest absolute Gasteiger partial charge is 0.443 e. The third kappa shape index (κ3) is 3.64. The summed E-state index contributed by atoms with van der Waals surface area (Å²) in [6.07, 6.45) is 3.11. The maximum atomic E-state index is 12.9. The molecule has 146 valence electrons. The first-order valence-corrected chi connectivity index (χ1v) is 10.1. The molecule has 1 fully saturated rings. The van der Waals surface area contributed by atoms with Crippen LogP contribution in [0.4, 0.5) is 10.6 Å². The van der Waals surface area contributed by atoms with Crippen LogP contribution in [0.2, 0.25) is 0 Å². The average molecular weight is 398 g/mol. The van der Waals surface area contributed by atoms with Crippen molar-refractivity contribution in [3.63, 3.8) is 0 Å². The van der Waals surface area contributed by atoms with Gasteiger partial charge in [-0.15, -0.1) is 11.3 Å². The smallest absolute Gasteiger partial charge is 0.416 e. The summed E-state index contributed by atoms with van der Waals surface area (Å²) >= 11 is 1.39. The topological polar surface area (TPSA) is 76.8 Å². The number of carbonyl (C=O) groups is 2. The van der Waals surface area contributed by atoms with E-state index in [0.717, 1.165) is 18.4 Å². The van der Waals surface area contributed by atoms with Crippen molar-refractivity contribution in [1.29, 1.82) is 0 Å². The summed E-state index contributed by atoms with van der Waals surface area (Å²) in [6.45, 7) is 7.11. The Morgan fingerprint density at radius 2 is 2.04 bits per heavy atom. The molecule has 1 aliphatic carbocycles. The molecule has 8 heteroatoms. The Morgan fingerprint density at radius 3 is 2.64 bits per heavy atom. The maximum Gasteiger partial charge on any atom is 0.416 e. The summed E-state index contributed by atoms with van der Waals surface area (Å²) in [6, 6.07) is 5.56. The normalized spacial score (nSPS) is 14.3. The molecule has 0 aromatic carbocycles. The molecule has 1 saturated carbocycles. The number of aromatic nitrogens is 3. The molecule has 28 heavy (non-hydrogen) atoms. The molecule has 0 spiro atoms. The molecule has 0 aliphatic heterocycles. The van der Waals surface area contributed by atoms with Crippen LogP contribution in [0.25, 0.3) is 16.9 Å². The van der Waals surface area contributed by atoms with Gasteiger partial charge >= 0.3 is 6.09 Å². The van der Waals surface area contributed by atoms with E-state index >= 15 is 0 Å². The zero-order valence-corrected chi connectivity index (χ0v) is 17.1. The Kier molecular flexibility index (Phi) is 4.45. The van der Waals surface area contributed by atoms with Gasteiger partial charge in [0.15, 0.2) is 11.4 Å². The van der Waals surface area contributed by atoms with E-state index in [4.69, 9.17) is 4.74 Å². The van der Waals surface area contributed by atoms with Crippen molar-refractivity contribution >= 4 is 34.7 Å². The highest BCUT2D eigenvalue weighted by molar-refractivity contribution is 7.12. The Balaban J connectivity index is 1.81. The van der Waals surface area contributed by atoms with Gasteiger partial charge in [0.1, 0.15) is 11.4 Å². The van der Waals surface area contributed by atoms with E-state index in [-0.39, 0.29) is 11.8 Å². The van der Waals surface area contributed by atoms with Crippen molar-refractivity contribution in [1.82, 2.24) is 14.6 Å². The zero-order chi connectivity index (χ0) is 20.1. The number of ether oxygens (including phenoxy) is 1. The molecule has 3 aromatic rings. The van der Waals surface area contributed by atoms with Crippen molar-refractivity contribution in [3.05, 3.63) is 34.7 Å². The van der Waals surface area contributed by atoms with Crippen LogP contribution in [0, 0.1) is 0 Å². The molecule has 4 rings (SSSR count). The highest BCUT2D eigenvalue weighted by atomic mass is 32.1. The van der Waals surface area contributed by atoms with E-state index in [2.05, 4.69) is 10.1 Å². The molecular formula is C20H22N4O3S. The number of nitrogens with zero attached hydrogens (tertiary/aromatic N) is 4. The third-order valence-electron chi connectivity index (χ3n) is 4.33. The standard InChI is InChI=1S/C20H22N4O3S/c1-12(25)16-9-13(11-28-16)15-10-18(24-17(22-15)7-8-21-24)23(14-5-6-14)19(26)27-20(2,3)4/h7-11,14H,5-6H2,1-4H3. The van der Waals surface area contributed by atoms with E-state index in [1.54, 1.807) is 28.6 Å². The molecule has 0 N–H and O–H groups in total. The number of thiophene rings is 1. The first kappa shape index (κ1) is 18.6. The Morgan fingerprint density at radius 1 is 1.29 bits per heavy atom. The molecule has 3 aromatic heterocycles. The highest BCUT2D eigenvalue weighted by Crippen LogP contribution is 2.35. The van der Waals surface area contributed by atoms with Gasteiger partial charge in [-0.3, -0.25) is 9.69 Å². The van der Waals surface area contributed by atoms with Crippen molar-refractivity contribution in [2.24, 2.45) is 0 Å². The second-order valence-electron chi connectivity index (χ2n) is 7.94. The van der Waals surface area contributed by atoms with Gasteiger partial charge in [-0.25, -0.2) is 9.78 Å². The molecule has 0 saturated heterocycles. The van der Waals surface area contributed by atoms with Crippen molar-refractivity contribution in [2.75, 3.05) is 4.90 Å². The predicted molar refractivity (Wildman–Crippen MR) is 108 cm³/mol. The van der Waals surface area contributed by atoms with Gasteiger partial charge in [0.05, 0.1) is 16.8 Å². The summed E-state index contributed by atoms with van der Waals surface area (Å²) in [5, 5.41) is 6.26. The van der Waals surface area contributed by atoms with Crippen LogP contribution in [-0.4, -0.2) is 38.1 Å². The quantitative estimate of drug-likeness (QED) is 0.602. The molecule has 0 radical (unpaired) electrons. The Bertz CT molecular complexity index is 1060. The number of anilines is 1. The number of rotatable bonds is 4. The molecule has 1 amide bonds. The lowest BCUT2D eigenvalue weighted by Gasteiger charge is -2.27. The molecule has 0 unspecified atom stereocenters. The molecule has 7 nitrogen and oxygen atoms in total. The summed E-state index contributed by atoms with van der Waals surface area (Å²) in [5.74, 6) is 0.646. The van der Waals surface area contributed by atoms with E-state index in [1.165, 1.54) is 11.3 Å². The van der Waals surface area contributed by atoms with Crippen LogP contribution in [-0.2, 0) is 4.74 Å². The monoisotopic (exact) mass is 398 g/mol. The highest BCUT2D eigenvalue weighted by Gasteiger charge is 2.38. The van der Waals surface area contributed by atoms with Crippen LogP contribution < -0.4 is 4.90 Å². The fourth-order valence-electron chi connectivity index (χ4n) is 2.94. The molecule has 0 bridgehead atoms. The zero-order valence-electron chi connectivity index (χ0n) is 16.3. The lowest BCUT2D eigenvalue weighted by molar-refractivity contribution is 0.0575. The first-order valence-electron chi connectivity index (χ1n) is 9.20. The average Bonchev–Trinajstić information content (AvgIpc) is 3.10. The minimum atomic E-state index is -0.590. The van der Waals surface area contributed by atoms with Gasteiger partial charge in [0.2, 0.25) is 0 Å². The van der Waals surface area contributed by atoms with Gasteiger partial charge in [-0.1, -0.05) is 0 Å². The van der Waals surface area contributed by atoms with E-state index < -0.39 is 11.7 Å². The van der Waals surface area contributed by atoms with Gasteiger partial charge in [0.25, 0.3) is 0 Å². The van der Waals surface area contributed by atoms with Crippen LogP contribution in [0.3, 0.4) is 0 Å². The minimum absolute atomic E-state index is 0.0234. The maximum absolute atomic E-state index is 12.9. The number of hydrogen-bond acceptors (Lipinski definition) is 6. The van der Waals surface area contributed by atoms with Crippen LogP contribution in [0.5, 0.6) is 0 Å². The number of fused-ring (bicyclic) bond motifs is 1. The Hall–Kier alpha value is -2.74.